The van der Waals surface area contributed by atoms with Crippen molar-refractivity contribution in [1.82, 2.24) is 14.8 Å². The van der Waals surface area contributed by atoms with E-state index in [-0.39, 0.29) is 16.4 Å². The Balaban J connectivity index is 2.01. The Morgan fingerprint density at radius 2 is 1.47 bits per heavy atom. The van der Waals surface area contributed by atoms with Crippen LogP contribution in [0.5, 0.6) is 0 Å². The molecule has 1 aliphatic heterocycles. The molecule has 0 fully saturated rings. The van der Waals surface area contributed by atoms with Crippen molar-refractivity contribution in [3.8, 4) is 22.5 Å². The minimum Gasteiger partial charge on any atom is -0.456 e. The van der Waals surface area contributed by atoms with Crippen molar-refractivity contribution in [3.63, 3.8) is 0 Å². The molecule has 2 aromatic rings. The number of benzene rings is 3. The van der Waals surface area contributed by atoms with Crippen molar-refractivity contribution in [2.75, 3.05) is 44.2 Å². The predicted molar refractivity (Wildman–Crippen MR) is 225 cm³/mol. The molecule has 6 nitrogen and oxygen atoms in total. The Labute approximate surface area is 314 Å². The summed E-state index contributed by atoms with van der Waals surface area (Å²) in [6.07, 6.45) is 1.00. The molecule has 0 saturated heterocycles. The van der Waals surface area contributed by atoms with Gasteiger partial charge < -0.3 is 20.0 Å². The summed E-state index contributed by atoms with van der Waals surface area (Å²) >= 11 is 6.65. The van der Waals surface area contributed by atoms with E-state index in [1.165, 1.54) is 0 Å². The first-order valence-corrected chi connectivity index (χ1v) is 19.5. The number of thiocarbonyl (C=S) groups is 1. The molecule has 3 N–H and O–H groups in total. The van der Waals surface area contributed by atoms with E-state index in [2.05, 4.69) is 157 Å². The van der Waals surface area contributed by atoms with Gasteiger partial charge in [0.1, 0.15) is 29.4 Å². The van der Waals surface area contributed by atoms with Crippen LogP contribution in [0.25, 0.3) is 33.4 Å². The lowest BCUT2D eigenvalue weighted by molar-refractivity contribution is 0.0536. The first-order chi connectivity index (χ1) is 23.8. The summed E-state index contributed by atoms with van der Waals surface area (Å²) in [4.78, 5) is 5.72. The maximum Gasteiger partial charge on any atom is 0.203 e. The van der Waals surface area contributed by atoms with Gasteiger partial charge in [0.15, 0.2) is 0 Å². The molecule has 0 unspecified atom stereocenters. The number of hydrogen-bond donors (Lipinski definition) is 2. The summed E-state index contributed by atoms with van der Waals surface area (Å²) in [6, 6.07) is 22.1. The molecule has 2 aliphatic rings. The Bertz CT molecular complexity index is 1850. The molecule has 278 valence electrons. The number of nitrogens with zero attached hydrogens (tertiary/aromatic N) is 3. The van der Waals surface area contributed by atoms with Crippen LogP contribution < -0.4 is 25.9 Å². The zero-order valence-electron chi connectivity index (χ0n) is 34.0. The average Bonchev–Trinajstić information content (AvgIpc) is 3.06. The van der Waals surface area contributed by atoms with Gasteiger partial charge in [0.25, 0.3) is 0 Å². The number of anilines is 1. The van der Waals surface area contributed by atoms with E-state index in [0.717, 1.165) is 101 Å². The zero-order chi connectivity index (χ0) is 37.9. The molecule has 4 rings (SSSR count). The molecule has 0 spiro atoms. The SMILES string of the molecule is CCN(CC)c1ccc2c(-c3ccccc3C(=S)N(CCC(C)(C)C)C(C)(C)C(C)(C)CNC(C)(C)N)c3ccc(=[N+](CC)CC)cc-3oc2c1. The van der Waals surface area contributed by atoms with Crippen LogP contribution in [0.1, 0.15) is 102 Å². The first-order valence-electron chi connectivity index (χ1n) is 19.1. The highest BCUT2D eigenvalue weighted by Crippen LogP contribution is 2.44. The summed E-state index contributed by atoms with van der Waals surface area (Å²) in [5.41, 5.74) is 12.1. The summed E-state index contributed by atoms with van der Waals surface area (Å²) in [5, 5.41) is 5.83. The minimum absolute atomic E-state index is 0.142. The third-order valence-corrected chi connectivity index (χ3v) is 11.5. The van der Waals surface area contributed by atoms with Crippen LogP contribution >= 0.6 is 12.2 Å². The van der Waals surface area contributed by atoms with E-state index in [9.17, 15) is 0 Å². The van der Waals surface area contributed by atoms with Gasteiger partial charge in [-0.05, 0) is 96.4 Å². The molecular formula is C44H66N5OS+. The fourth-order valence-corrected chi connectivity index (χ4v) is 7.37. The molecular weight excluding hydrogens is 647 g/mol. The van der Waals surface area contributed by atoms with Crippen LogP contribution in [0.3, 0.4) is 0 Å². The Hall–Kier alpha value is -3.26. The number of nitrogens with one attached hydrogen (secondary N) is 1. The lowest BCUT2D eigenvalue weighted by Crippen LogP contribution is -2.62. The van der Waals surface area contributed by atoms with Crippen molar-refractivity contribution in [3.05, 3.63) is 71.6 Å². The van der Waals surface area contributed by atoms with E-state index < -0.39 is 5.66 Å². The third-order valence-electron chi connectivity index (χ3n) is 11.0. The van der Waals surface area contributed by atoms with Gasteiger partial charge in [-0.2, -0.15) is 0 Å². The van der Waals surface area contributed by atoms with Gasteiger partial charge in [0.2, 0.25) is 5.36 Å². The largest absolute Gasteiger partial charge is 0.456 e. The van der Waals surface area contributed by atoms with Gasteiger partial charge in [-0.1, -0.05) is 71.1 Å². The van der Waals surface area contributed by atoms with E-state index in [1.807, 2.05) is 13.8 Å². The van der Waals surface area contributed by atoms with E-state index in [4.69, 9.17) is 22.4 Å². The maximum atomic E-state index is 6.83. The van der Waals surface area contributed by atoms with Crippen molar-refractivity contribution in [1.29, 1.82) is 0 Å². The van der Waals surface area contributed by atoms with Crippen LogP contribution in [-0.2, 0) is 0 Å². The highest BCUT2D eigenvalue weighted by Gasteiger charge is 2.44. The van der Waals surface area contributed by atoms with Crippen LogP contribution in [0.15, 0.2) is 65.1 Å². The lowest BCUT2D eigenvalue weighted by atomic mass is 9.72. The Morgan fingerprint density at radius 3 is 2.06 bits per heavy atom. The van der Waals surface area contributed by atoms with Gasteiger partial charge in [0, 0.05) is 71.6 Å². The van der Waals surface area contributed by atoms with Crippen LogP contribution in [-0.4, -0.2) is 60.4 Å². The smallest absolute Gasteiger partial charge is 0.203 e. The second-order valence-electron chi connectivity index (χ2n) is 17.0. The summed E-state index contributed by atoms with van der Waals surface area (Å²) in [7, 11) is 0. The fourth-order valence-electron chi connectivity index (χ4n) is 6.87. The van der Waals surface area contributed by atoms with E-state index in [0.29, 0.717) is 0 Å². The second kappa shape index (κ2) is 15.8. The quantitative estimate of drug-likeness (QED) is 0.0588. The molecule has 51 heavy (non-hydrogen) atoms. The van der Waals surface area contributed by atoms with Crippen LogP contribution in [0.2, 0.25) is 0 Å². The van der Waals surface area contributed by atoms with Crippen molar-refractivity contribution in [2.24, 2.45) is 16.6 Å². The Morgan fingerprint density at radius 1 is 0.824 bits per heavy atom. The molecule has 0 amide bonds. The number of hydrogen-bond acceptors (Lipinski definition) is 5. The minimum atomic E-state index is -0.479. The van der Waals surface area contributed by atoms with Crippen molar-refractivity contribution < 1.29 is 4.42 Å². The molecule has 2 aromatic carbocycles. The van der Waals surface area contributed by atoms with E-state index >= 15 is 0 Å². The molecule has 1 heterocycles. The zero-order valence-corrected chi connectivity index (χ0v) is 34.8. The summed E-state index contributed by atoms with van der Waals surface area (Å²) in [6.45, 7) is 34.4. The van der Waals surface area contributed by atoms with Gasteiger partial charge in [-0.3, -0.25) is 5.32 Å². The highest BCUT2D eigenvalue weighted by atomic mass is 32.1. The Kier molecular flexibility index (Phi) is 12.5. The topological polar surface area (TPSA) is 60.7 Å². The second-order valence-corrected chi connectivity index (χ2v) is 17.4. The normalized spacial score (nSPS) is 12.8. The van der Waals surface area contributed by atoms with Crippen molar-refractivity contribution >= 4 is 33.9 Å². The third kappa shape index (κ3) is 9.04. The molecule has 1 aliphatic carbocycles. The van der Waals surface area contributed by atoms with Crippen molar-refractivity contribution in [2.45, 2.75) is 108 Å². The van der Waals surface area contributed by atoms with E-state index in [1.54, 1.807) is 0 Å². The van der Waals surface area contributed by atoms with Gasteiger partial charge >= 0.3 is 0 Å². The standard InChI is InChI=1S/C44H66N5OS/c1-14-47(15-2)31-22-24-35-37(28-31)50-38-29-32(48(16-3)17-4)23-25-36(38)39(35)33-20-18-19-21-34(33)40(51)49(27-26-41(5,6)7)43(10,11)42(8,9)30-46-44(12,13)45/h18-25,28-29,46H,14-17,26-27,30,45H2,1-13H3/q+1. The molecule has 0 atom stereocenters. The predicted octanol–water partition coefficient (Wildman–Crippen LogP) is 9.37. The average molecular weight is 713 g/mol. The molecule has 0 bridgehead atoms. The number of fused-ring (bicyclic) bond motifs is 2. The summed E-state index contributed by atoms with van der Waals surface area (Å²) < 4.78 is 9.20. The fraction of sp³-hybridized carbons (Fsp3) is 0.545. The lowest BCUT2D eigenvalue weighted by Gasteiger charge is -2.52. The maximum absolute atomic E-state index is 6.83. The number of nitrogens with two attached hydrogens (primary N) is 1. The highest BCUT2D eigenvalue weighted by molar-refractivity contribution is 7.80. The van der Waals surface area contributed by atoms with Gasteiger partial charge in [-0.15, -0.1) is 0 Å². The molecule has 0 aromatic heterocycles. The molecule has 0 saturated carbocycles. The molecule has 0 radical (unpaired) electrons. The van der Waals surface area contributed by atoms with Crippen LogP contribution in [0.4, 0.5) is 5.69 Å². The van der Waals surface area contributed by atoms with Gasteiger partial charge in [0.05, 0.1) is 11.7 Å². The molecule has 7 heteroatoms. The number of rotatable bonds is 14. The summed E-state index contributed by atoms with van der Waals surface area (Å²) in [5.74, 6) is 0.876. The monoisotopic (exact) mass is 712 g/mol. The van der Waals surface area contributed by atoms with Crippen LogP contribution in [0, 0.1) is 10.8 Å². The first kappa shape index (κ1) is 40.5. The van der Waals surface area contributed by atoms with Gasteiger partial charge in [-0.25, -0.2) is 4.58 Å².